The maximum absolute atomic E-state index is 11.3. The molecular formula is C11H13Cl2NO2. The summed E-state index contributed by atoms with van der Waals surface area (Å²) >= 11 is 11.2. The van der Waals surface area contributed by atoms with E-state index in [0.29, 0.717) is 5.69 Å². The number of aryl methyl sites for hydroxylation is 1. The molecule has 1 atom stereocenters. The maximum Gasteiger partial charge on any atom is 0.411 e. The number of nitrogens with one attached hydrogen (secondary N) is 1. The zero-order valence-electron chi connectivity index (χ0n) is 8.87. The van der Waals surface area contributed by atoms with Gasteiger partial charge >= 0.3 is 6.09 Å². The van der Waals surface area contributed by atoms with E-state index in [1.165, 1.54) is 0 Å². The van der Waals surface area contributed by atoms with Crippen molar-refractivity contribution in [3.8, 4) is 0 Å². The van der Waals surface area contributed by atoms with Crippen LogP contribution in [0.5, 0.6) is 0 Å². The highest BCUT2D eigenvalue weighted by Gasteiger charge is 2.07. The molecule has 0 heterocycles. The molecule has 1 amide bonds. The number of ether oxygens (including phenoxy) is 1. The molecule has 0 aliphatic heterocycles. The van der Waals surface area contributed by atoms with Gasteiger partial charge in [-0.15, -0.1) is 23.2 Å². The molecule has 0 aliphatic rings. The molecule has 0 saturated heterocycles. The molecule has 0 aromatic heterocycles. The summed E-state index contributed by atoms with van der Waals surface area (Å²) in [6.07, 6.45) is -0.527. The average Bonchev–Trinajstić information content (AvgIpc) is 2.26. The van der Waals surface area contributed by atoms with Gasteiger partial charge in [-0.3, -0.25) is 5.32 Å². The summed E-state index contributed by atoms with van der Waals surface area (Å²) in [6.45, 7) is 2.04. The van der Waals surface area contributed by atoms with Crippen LogP contribution in [-0.4, -0.2) is 24.0 Å². The van der Waals surface area contributed by atoms with Crippen LogP contribution in [0, 0.1) is 6.92 Å². The minimum Gasteiger partial charge on any atom is -0.448 e. The molecule has 16 heavy (non-hydrogen) atoms. The Morgan fingerprint density at radius 1 is 1.56 bits per heavy atom. The van der Waals surface area contributed by atoms with Gasteiger partial charge in [0, 0.05) is 11.6 Å². The molecular weight excluding hydrogens is 249 g/mol. The number of alkyl halides is 2. The molecule has 1 N–H and O–H groups in total. The number of rotatable bonds is 4. The SMILES string of the molecule is Cc1cccc(NC(=O)OCC(Cl)CCl)c1. The summed E-state index contributed by atoms with van der Waals surface area (Å²) in [5.41, 5.74) is 1.76. The predicted octanol–water partition coefficient (Wildman–Crippen LogP) is 3.39. The Morgan fingerprint density at radius 2 is 2.31 bits per heavy atom. The van der Waals surface area contributed by atoms with Crippen molar-refractivity contribution in [3.05, 3.63) is 29.8 Å². The van der Waals surface area contributed by atoms with Gasteiger partial charge in [0.1, 0.15) is 6.61 Å². The number of carbonyl (C=O) groups excluding carboxylic acids is 1. The van der Waals surface area contributed by atoms with Crippen LogP contribution in [0.15, 0.2) is 24.3 Å². The highest BCUT2D eigenvalue weighted by atomic mass is 35.5. The van der Waals surface area contributed by atoms with E-state index in [0.717, 1.165) is 5.56 Å². The summed E-state index contributed by atoms with van der Waals surface area (Å²) in [6, 6.07) is 7.43. The molecule has 0 spiro atoms. The van der Waals surface area contributed by atoms with Crippen LogP contribution < -0.4 is 5.32 Å². The van der Waals surface area contributed by atoms with Crippen molar-refractivity contribution in [1.29, 1.82) is 0 Å². The largest absolute Gasteiger partial charge is 0.448 e. The molecule has 1 rings (SSSR count). The lowest BCUT2D eigenvalue weighted by molar-refractivity contribution is 0.163. The summed E-state index contributed by atoms with van der Waals surface area (Å²) < 4.78 is 4.87. The van der Waals surface area contributed by atoms with Crippen molar-refractivity contribution in [2.24, 2.45) is 0 Å². The molecule has 3 nitrogen and oxygen atoms in total. The smallest absolute Gasteiger partial charge is 0.411 e. The second-order valence-electron chi connectivity index (χ2n) is 3.34. The van der Waals surface area contributed by atoms with Gasteiger partial charge in [0.15, 0.2) is 0 Å². The molecule has 0 saturated carbocycles. The number of carbonyl (C=O) groups is 1. The van der Waals surface area contributed by atoms with Crippen LogP contribution in [-0.2, 0) is 4.74 Å². The van der Waals surface area contributed by atoms with Crippen molar-refractivity contribution in [1.82, 2.24) is 0 Å². The second-order valence-corrected chi connectivity index (χ2v) is 4.27. The zero-order chi connectivity index (χ0) is 12.0. The number of hydrogen-bond donors (Lipinski definition) is 1. The standard InChI is InChI=1S/C11H13Cl2NO2/c1-8-3-2-4-10(5-8)14-11(15)16-7-9(13)6-12/h2-5,9H,6-7H2,1H3,(H,14,15). The van der Waals surface area contributed by atoms with E-state index in [1.54, 1.807) is 6.07 Å². The second kappa shape index (κ2) is 6.61. The molecule has 0 radical (unpaired) electrons. The quantitative estimate of drug-likeness (QED) is 0.844. The molecule has 0 aliphatic carbocycles. The van der Waals surface area contributed by atoms with Crippen molar-refractivity contribution in [2.45, 2.75) is 12.3 Å². The van der Waals surface area contributed by atoms with Crippen molar-refractivity contribution in [2.75, 3.05) is 17.8 Å². The van der Waals surface area contributed by atoms with E-state index in [4.69, 9.17) is 27.9 Å². The fraction of sp³-hybridized carbons (Fsp3) is 0.364. The van der Waals surface area contributed by atoms with Crippen LogP contribution in [0.4, 0.5) is 10.5 Å². The number of hydrogen-bond acceptors (Lipinski definition) is 2. The Labute approximate surface area is 105 Å². The molecule has 1 unspecified atom stereocenters. The van der Waals surface area contributed by atoms with Crippen molar-refractivity contribution in [3.63, 3.8) is 0 Å². The van der Waals surface area contributed by atoms with E-state index in [2.05, 4.69) is 5.32 Å². The highest BCUT2D eigenvalue weighted by Crippen LogP contribution is 2.10. The molecule has 88 valence electrons. The Balaban J connectivity index is 2.40. The van der Waals surface area contributed by atoms with Crippen LogP contribution in [0.3, 0.4) is 0 Å². The molecule has 1 aromatic carbocycles. The summed E-state index contributed by atoms with van der Waals surface area (Å²) in [5, 5.41) is 2.24. The number of halogens is 2. The van der Waals surface area contributed by atoms with Crippen molar-refractivity contribution < 1.29 is 9.53 Å². The summed E-state index contributed by atoms with van der Waals surface area (Å²) in [5.74, 6) is 0.249. The molecule has 1 aromatic rings. The van der Waals surface area contributed by atoms with Crippen molar-refractivity contribution >= 4 is 35.0 Å². The number of anilines is 1. The molecule has 0 bridgehead atoms. The lowest BCUT2D eigenvalue weighted by atomic mass is 10.2. The van der Waals surface area contributed by atoms with Crippen LogP contribution in [0.2, 0.25) is 0 Å². The minimum atomic E-state index is -0.527. The monoisotopic (exact) mass is 261 g/mol. The van der Waals surface area contributed by atoms with E-state index in [-0.39, 0.29) is 17.9 Å². The fourth-order valence-electron chi connectivity index (χ4n) is 1.09. The first kappa shape index (κ1) is 13.1. The summed E-state index contributed by atoms with van der Waals surface area (Å²) in [7, 11) is 0. The van der Waals surface area contributed by atoms with Gasteiger partial charge in [0.05, 0.1) is 5.38 Å². The zero-order valence-corrected chi connectivity index (χ0v) is 10.4. The van der Waals surface area contributed by atoms with Crippen LogP contribution in [0.1, 0.15) is 5.56 Å². The average molecular weight is 262 g/mol. The van der Waals surface area contributed by atoms with E-state index in [9.17, 15) is 4.79 Å². The number of amides is 1. The van der Waals surface area contributed by atoms with E-state index >= 15 is 0 Å². The first-order valence-electron chi connectivity index (χ1n) is 4.82. The molecule has 5 heteroatoms. The first-order chi connectivity index (χ1) is 7.61. The van der Waals surface area contributed by atoms with Gasteiger partial charge in [-0.25, -0.2) is 4.79 Å². The first-order valence-corrected chi connectivity index (χ1v) is 5.79. The third-order valence-corrected chi connectivity index (χ3v) is 2.64. The highest BCUT2D eigenvalue weighted by molar-refractivity contribution is 6.28. The van der Waals surface area contributed by atoms with Gasteiger partial charge in [0.2, 0.25) is 0 Å². The van der Waals surface area contributed by atoms with Gasteiger partial charge in [-0.1, -0.05) is 12.1 Å². The molecule has 0 fully saturated rings. The third-order valence-electron chi connectivity index (χ3n) is 1.83. The Kier molecular flexibility index (Phi) is 5.43. The van der Waals surface area contributed by atoms with Gasteiger partial charge < -0.3 is 4.74 Å². The fourth-order valence-corrected chi connectivity index (χ4v) is 1.24. The predicted molar refractivity (Wildman–Crippen MR) is 66.5 cm³/mol. The normalized spacial score (nSPS) is 11.9. The lowest BCUT2D eigenvalue weighted by Crippen LogP contribution is -2.19. The van der Waals surface area contributed by atoms with Gasteiger partial charge in [-0.2, -0.15) is 0 Å². The summed E-state index contributed by atoms with van der Waals surface area (Å²) in [4.78, 5) is 11.3. The van der Waals surface area contributed by atoms with Gasteiger partial charge in [0.25, 0.3) is 0 Å². The maximum atomic E-state index is 11.3. The van der Waals surface area contributed by atoms with Crippen LogP contribution in [0.25, 0.3) is 0 Å². The Morgan fingerprint density at radius 3 is 2.94 bits per heavy atom. The third kappa shape index (κ3) is 4.73. The Hall–Kier alpha value is -0.930. The van der Waals surface area contributed by atoms with E-state index < -0.39 is 6.09 Å². The Bertz CT molecular complexity index is 358. The van der Waals surface area contributed by atoms with Crippen LogP contribution >= 0.6 is 23.2 Å². The lowest BCUT2D eigenvalue weighted by Gasteiger charge is -2.09. The minimum absolute atomic E-state index is 0.0999. The van der Waals surface area contributed by atoms with E-state index in [1.807, 2.05) is 25.1 Å². The topological polar surface area (TPSA) is 38.3 Å². The number of benzene rings is 1. The van der Waals surface area contributed by atoms with Gasteiger partial charge in [-0.05, 0) is 24.6 Å².